The molecule has 0 aliphatic rings. The first-order chi connectivity index (χ1) is 10.4. The number of carboxylic acid groups (broad SMARTS) is 1. The van der Waals surface area contributed by atoms with Gasteiger partial charge < -0.3 is 5.11 Å². The van der Waals surface area contributed by atoms with E-state index in [1.165, 1.54) is 4.90 Å². The molecule has 5 nitrogen and oxygen atoms in total. The summed E-state index contributed by atoms with van der Waals surface area (Å²) in [6.45, 7) is 0.374. The van der Waals surface area contributed by atoms with Gasteiger partial charge in [-0.05, 0) is 37.2 Å². The summed E-state index contributed by atoms with van der Waals surface area (Å²) in [5.41, 5.74) is 0.763. The maximum atomic E-state index is 13.8. The molecule has 0 aliphatic heterocycles. The van der Waals surface area contributed by atoms with E-state index in [1.54, 1.807) is 25.0 Å². The molecule has 1 aromatic heterocycles. The van der Waals surface area contributed by atoms with E-state index in [1.807, 2.05) is 6.20 Å². The Bertz CT molecular complexity index is 673. The van der Waals surface area contributed by atoms with Gasteiger partial charge in [-0.15, -0.1) is 0 Å². The van der Waals surface area contributed by atoms with E-state index < -0.39 is 23.6 Å². The number of carboxylic acids is 1. The Hall–Kier alpha value is -2.28. The van der Waals surface area contributed by atoms with Crippen LogP contribution in [0.25, 0.3) is 0 Å². The highest BCUT2D eigenvalue weighted by atomic mass is 19.1. The molecule has 0 spiro atoms. The predicted molar refractivity (Wildman–Crippen MR) is 76.3 cm³/mol. The molecule has 0 bridgehead atoms. The molecular weight excluding hydrogens is 292 g/mol. The van der Waals surface area contributed by atoms with Crippen LogP contribution >= 0.6 is 0 Å². The molecule has 0 saturated carbocycles. The zero-order valence-electron chi connectivity index (χ0n) is 12.3. The first-order valence-corrected chi connectivity index (χ1v) is 6.74. The van der Waals surface area contributed by atoms with Crippen molar-refractivity contribution in [3.8, 4) is 0 Å². The van der Waals surface area contributed by atoms with Gasteiger partial charge in [0.1, 0.15) is 17.7 Å². The van der Waals surface area contributed by atoms with Crippen LogP contribution in [0.2, 0.25) is 0 Å². The topological polar surface area (TPSA) is 58.4 Å². The smallest absolute Gasteiger partial charge is 0.325 e. The standard InChI is InChI=1S/C15H17F2N3O2/c1-19(6-5-10-8-18-20(2)9-10)14(15(21)22)12-7-11(16)3-4-13(12)17/h3-4,7-9,14H,5-6H2,1-2H3,(H,21,22)/t14-/m0/s1. The quantitative estimate of drug-likeness (QED) is 0.886. The summed E-state index contributed by atoms with van der Waals surface area (Å²) in [4.78, 5) is 13.0. The van der Waals surface area contributed by atoms with E-state index in [9.17, 15) is 18.7 Å². The SMILES string of the molecule is CN(CCc1cnn(C)c1)[C@H](C(=O)O)c1cc(F)ccc1F. The molecule has 7 heteroatoms. The third kappa shape index (κ3) is 3.67. The Morgan fingerprint density at radius 3 is 2.77 bits per heavy atom. The number of nitrogens with zero attached hydrogens (tertiary/aromatic N) is 3. The van der Waals surface area contributed by atoms with E-state index in [0.29, 0.717) is 13.0 Å². The van der Waals surface area contributed by atoms with Crippen LogP contribution in [-0.2, 0) is 18.3 Å². The monoisotopic (exact) mass is 309 g/mol. The van der Waals surface area contributed by atoms with Crippen LogP contribution in [0, 0.1) is 11.6 Å². The lowest BCUT2D eigenvalue weighted by Crippen LogP contribution is -2.33. The Morgan fingerprint density at radius 1 is 1.45 bits per heavy atom. The summed E-state index contributed by atoms with van der Waals surface area (Å²) >= 11 is 0. The fourth-order valence-electron chi connectivity index (χ4n) is 2.32. The number of rotatable bonds is 6. The first-order valence-electron chi connectivity index (χ1n) is 6.74. The molecular formula is C15H17F2N3O2. The van der Waals surface area contributed by atoms with E-state index in [-0.39, 0.29) is 5.56 Å². The Morgan fingerprint density at radius 2 is 2.18 bits per heavy atom. The molecule has 118 valence electrons. The van der Waals surface area contributed by atoms with Gasteiger partial charge in [-0.1, -0.05) is 0 Å². The van der Waals surface area contributed by atoms with Gasteiger partial charge in [0.05, 0.1) is 6.20 Å². The number of benzene rings is 1. The lowest BCUT2D eigenvalue weighted by molar-refractivity contribution is -0.143. The number of aryl methyl sites for hydroxylation is 1. The van der Waals surface area contributed by atoms with Crippen molar-refractivity contribution in [2.45, 2.75) is 12.5 Å². The molecule has 0 radical (unpaired) electrons. The summed E-state index contributed by atoms with van der Waals surface area (Å²) in [5, 5.41) is 13.4. The normalized spacial score (nSPS) is 12.6. The molecule has 22 heavy (non-hydrogen) atoms. The first kappa shape index (κ1) is 16.1. The molecule has 0 unspecified atom stereocenters. The summed E-state index contributed by atoms with van der Waals surface area (Å²) < 4.78 is 28.8. The summed E-state index contributed by atoms with van der Waals surface area (Å²) in [6.07, 6.45) is 4.07. The van der Waals surface area contributed by atoms with Crippen molar-refractivity contribution < 1.29 is 18.7 Å². The predicted octanol–water partition coefficient (Wildman–Crippen LogP) is 2.00. The van der Waals surface area contributed by atoms with E-state index >= 15 is 0 Å². The Balaban J connectivity index is 2.16. The highest BCUT2D eigenvalue weighted by Crippen LogP contribution is 2.24. The van der Waals surface area contributed by atoms with Crippen molar-refractivity contribution in [1.82, 2.24) is 14.7 Å². The highest BCUT2D eigenvalue weighted by molar-refractivity contribution is 5.75. The van der Waals surface area contributed by atoms with Crippen molar-refractivity contribution in [3.63, 3.8) is 0 Å². The molecule has 0 amide bonds. The molecule has 0 saturated heterocycles. The molecule has 1 atom stereocenters. The maximum Gasteiger partial charge on any atom is 0.325 e. The minimum atomic E-state index is -1.24. The Kier molecular flexibility index (Phi) is 4.87. The van der Waals surface area contributed by atoms with E-state index in [2.05, 4.69) is 5.10 Å². The van der Waals surface area contributed by atoms with Crippen LogP contribution in [0.4, 0.5) is 8.78 Å². The summed E-state index contributed by atoms with van der Waals surface area (Å²) in [7, 11) is 3.36. The average molecular weight is 309 g/mol. The second kappa shape index (κ2) is 6.65. The minimum Gasteiger partial charge on any atom is -0.480 e. The summed E-state index contributed by atoms with van der Waals surface area (Å²) in [5.74, 6) is -2.62. The van der Waals surface area contributed by atoms with Crippen LogP contribution in [0.15, 0.2) is 30.6 Å². The molecule has 1 aromatic carbocycles. The third-order valence-electron chi connectivity index (χ3n) is 3.44. The highest BCUT2D eigenvalue weighted by Gasteiger charge is 2.27. The number of carbonyl (C=O) groups is 1. The van der Waals surface area contributed by atoms with Crippen molar-refractivity contribution in [2.24, 2.45) is 7.05 Å². The molecule has 0 fully saturated rings. The second-order valence-corrected chi connectivity index (χ2v) is 5.16. The van der Waals surface area contributed by atoms with Crippen LogP contribution in [0.1, 0.15) is 17.2 Å². The lowest BCUT2D eigenvalue weighted by Gasteiger charge is -2.25. The molecule has 0 aliphatic carbocycles. The number of aromatic nitrogens is 2. The van der Waals surface area contributed by atoms with Gasteiger partial charge in [-0.3, -0.25) is 14.4 Å². The van der Waals surface area contributed by atoms with Gasteiger partial charge >= 0.3 is 5.97 Å². The fraction of sp³-hybridized carbons (Fsp3) is 0.333. The molecule has 2 aromatic rings. The zero-order valence-corrected chi connectivity index (χ0v) is 12.3. The van der Waals surface area contributed by atoms with E-state index in [4.69, 9.17) is 0 Å². The van der Waals surface area contributed by atoms with Gasteiger partial charge in [0.2, 0.25) is 0 Å². The van der Waals surface area contributed by atoms with Crippen LogP contribution < -0.4 is 0 Å². The number of likely N-dealkylation sites (N-methyl/N-ethyl adjacent to an activating group) is 1. The van der Waals surface area contributed by atoms with Crippen molar-refractivity contribution in [1.29, 1.82) is 0 Å². The molecule has 1 heterocycles. The largest absolute Gasteiger partial charge is 0.480 e. The third-order valence-corrected chi connectivity index (χ3v) is 3.44. The van der Waals surface area contributed by atoms with Crippen LogP contribution in [-0.4, -0.2) is 39.3 Å². The van der Waals surface area contributed by atoms with Gasteiger partial charge in [0, 0.05) is 25.4 Å². The van der Waals surface area contributed by atoms with Crippen molar-refractivity contribution in [3.05, 3.63) is 53.4 Å². The molecule has 2 rings (SSSR count). The number of halogens is 2. The average Bonchev–Trinajstić information content (AvgIpc) is 2.86. The van der Waals surface area contributed by atoms with Gasteiger partial charge in [0.15, 0.2) is 0 Å². The molecule has 1 N–H and O–H groups in total. The number of hydrogen-bond donors (Lipinski definition) is 1. The van der Waals surface area contributed by atoms with Crippen molar-refractivity contribution >= 4 is 5.97 Å². The number of hydrogen-bond acceptors (Lipinski definition) is 3. The van der Waals surface area contributed by atoms with Crippen molar-refractivity contribution in [2.75, 3.05) is 13.6 Å². The van der Waals surface area contributed by atoms with Crippen LogP contribution in [0.5, 0.6) is 0 Å². The minimum absolute atomic E-state index is 0.179. The Labute approximate surface area is 126 Å². The fourth-order valence-corrected chi connectivity index (χ4v) is 2.32. The second-order valence-electron chi connectivity index (χ2n) is 5.16. The van der Waals surface area contributed by atoms with Gasteiger partial charge in [0.25, 0.3) is 0 Å². The summed E-state index contributed by atoms with van der Waals surface area (Å²) in [6, 6.07) is 1.59. The van der Waals surface area contributed by atoms with Crippen LogP contribution in [0.3, 0.4) is 0 Å². The van der Waals surface area contributed by atoms with Gasteiger partial charge in [-0.25, -0.2) is 8.78 Å². The van der Waals surface area contributed by atoms with E-state index in [0.717, 1.165) is 23.8 Å². The van der Waals surface area contributed by atoms with Gasteiger partial charge in [-0.2, -0.15) is 5.10 Å². The lowest BCUT2D eigenvalue weighted by atomic mass is 10.0. The number of aliphatic carboxylic acids is 1. The maximum absolute atomic E-state index is 13.8. The zero-order chi connectivity index (χ0) is 16.3.